The molecule has 0 N–H and O–H groups in total. The van der Waals surface area contributed by atoms with Gasteiger partial charge in [0.15, 0.2) is 0 Å². The molecule has 0 radical (unpaired) electrons. The van der Waals surface area contributed by atoms with Gasteiger partial charge in [0.05, 0.1) is 17.2 Å². The van der Waals surface area contributed by atoms with Crippen molar-refractivity contribution in [3.8, 4) is 5.75 Å². The van der Waals surface area contributed by atoms with Gasteiger partial charge >= 0.3 is 0 Å². The van der Waals surface area contributed by atoms with Gasteiger partial charge < -0.3 is 4.74 Å². The summed E-state index contributed by atoms with van der Waals surface area (Å²) in [5, 5.41) is 10.7. The number of ether oxygens (including phenoxy) is 1. The molecule has 6 heteroatoms. The van der Waals surface area contributed by atoms with Crippen LogP contribution in [0.4, 0.5) is 5.69 Å². The van der Waals surface area contributed by atoms with Gasteiger partial charge in [-0.05, 0) is 32.2 Å². The second-order valence-corrected chi connectivity index (χ2v) is 5.41. The number of likely N-dealkylation sites (N-methyl/N-ethyl adjacent to an activating group) is 1. The third-order valence-electron chi connectivity index (χ3n) is 4.42. The highest BCUT2D eigenvalue weighted by atomic mass is 16.6. The second kappa shape index (κ2) is 4.77. The summed E-state index contributed by atoms with van der Waals surface area (Å²) in [5.41, 5.74) is -0.0289. The fraction of sp³-hybridized carbons (Fsp3) is 0.615. The molecule has 6 nitrogen and oxygen atoms in total. The molecule has 1 aliphatic carbocycles. The van der Waals surface area contributed by atoms with Gasteiger partial charge in [0.1, 0.15) is 18.6 Å². The normalized spacial score (nSPS) is 29.6. The Balaban J connectivity index is 1.63. The molecule has 0 spiro atoms. The molecule has 2 aliphatic rings. The lowest BCUT2D eigenvalue weighted by Gasteiger charge is -2.31. The first-order valence-corrected chi connectivity index (χ1v) is 6.59. The van der Waals surface area contributed by atoms with Crippen molar-refractivity contribution in [3.63, 3.8) is 0 Å². The van der Waals surface area contributed by atoms with E-state index in [4.69, 9.17) is 4.74 Å². The Kier molecular flexibility index (Phi) is 3.10. The maximum Gasteiger partial charge on any atom is 0.291 e. The summed E-state index contributed by atoms with van der Waals surface area (Å²) in [5.74, 6) is 1.19. The minimum absolute atomic E-state index is 0.0289. The van der Waals surface area contributed by atoms with Crippen LogP contribution in [0.2, 0.25) is 0 Å². The van der Waals surface area contributed by atoms with E-state index in [0.29, 0.717) is 30.4 Å². The second-order valence-electron chi connectivity index (χ2n) is 5.41. The van der Waals surface area contributed by atoms with Gasteiger partial charge in [-0.3, -0.25) is 20.0 Å². The monoisotopic (exact) mass is 263 g/mol. The van der Waals surface area contributed by atoms with E-state index in [1.807, 2.05) is 0 Å². The Morgan fingerprint density at radius 2 is 2.37 bits per heavy atom. The minimum Gasteiger partial charge on any atom is -0.490 e. The van der Waals surface area contributed by atoms with E-state index in [-0.39, 0.29) is 5.69 Å². The smallest absolute Gasteiger partial charge is 0.291 e. The van der Waals surface area contributed by atoms with Gasteiger partial charge in [-0.25, -0.2) is 0 Å². The average molecular weight is 263 g/mol. The van der Waals surface area contributed by atoms with E-state index in [1.54, 1.807) is 0 Å². The number of aromatic nitrogens is 1. The topological polar surface area (TPSA) is 68.5 Å². The number of nitrogens with zero attached hydrogens (tertiary/aromatic N) is 3. The van der Waals surface area contributed by atoms with Crippen molar-refractivity contribution >= 4 is 5.69 Å². The third-order valence-corrected chi connectivity index (χ3v) is 4.42. The van der Waals surface area contributed by atoms with Crippen molar-refractivity contribution in [2.75, 3.05) is 13.7 Å². The van der Waals surface area contributed by atoms with Crippen LogP contribution in [0.3, 0.4) is 0 Å². The van der Waals surface area contributed by atoms with Crippen molar-refractivity contribution in [3.05, 3.63) is 28.6 Å². The van der Waals surface area contributed by atoms with Gasteiger partial charge in [-0.2, -0.15) is 0 Å². The number of likely N-dealkylation sites (tertiary alicyclic amines) is 1. The summed E-state index contributed by atoms with van der Waals surface area (Å²) in [6.45, 7) is 0.584. The SMILES string of the molecule is CN1[C@H]2CC[C@H](C2)[C@H]1COc1cncc([N+](=O)[O-])c1. The van der Waals surface area contributed by atoms with Crippen molar-refractivity contribution in [2.45, 2.75) is 31.3 Å². The van der Waals surface area contributed by atoms with E-state index in [0.717, 1.165) is 0 Å². The van der Waals surface area contributed by atoms with Gasteiger partial charge in [-0.15, -0.1) is 0 Å². The minimum atomic E-state index is -0.455. The van der Waals surface area contributed by atoms with Crippen LogP contribution in [0.5, 0.6) is 5.75 Å². The average Bonchev–Trinajstić information content (AvgIpc) is 2.98. The van der Waals surface area contributed by atoms with E-state index in [9.17, 15) is 10.1 Å². The molecular weight excluding hydrogens is 246 g/mol. The summed E-state index contributed by atoms with van der Waals surface area (Å²) in [6.07, 6.45) is 6.58. The predicted molar refractivity (Wildman–Crippen MR) is 69.1 cm³/mol. The number of hydrogen-bond donors (Lipinski definition) is 0. The molecule has 2 heterocycles. The summed E-state index contributed by atoms with van der Waals surface area (Å²) < 4.78 is 5.70. The van der Waals surface area contributed by atoms with Crippen LogP contribution in [0, 0.1) is 16.0 Å². The predicted octanol–water partition coefficient (Wildman–Crippen LogP) is 1.85. The number of hydrogen-bond acceptors (Lipinski definition) is 5. The summed E-state index contributed by atoms with van der Waals surface area (Å²) in [6, 6.07) is 2.56. The molecule has 19 heavy (non-hydrogen) atoms. The van der Waals surface area contributed by atoms with Crippen molar-refractivity contribution in [1.82, 2.24) is 9.88 Å². The van der Waals surface area contributed by atoms with Gasteiger partial charge in [0.2, 0.25) is 0 Å². The number of nitro groups is 1. The lowest BCUT2D eigenvalue weighted by Crippen LogP contribution is -2.41. The number of piperidine rings is 1. The maximum absolute atomic E-state index is 10.7. The summed E-state index contributed by atoms with van der Waals surface area (Å²) >= 11 is 0. The van der Waals surface area contributed by atoms with E-state index in [1.165, 1.54) is 37.7 Å². The number of fused-ring (bicyclic) bond motifs is 2. The largest absolute Gasteiger partial charge is 0.490 e. The maximum atomic E-state index is 10.7. The molecule has 1 saturated carbocycles. The summed E-state index contributed by atoms with van der Waals surface area (Å²) in [4.78, 5) is 16.4. The zero-order valence-corrected chi connectivity index (χ0v) is 10.9. The first-order valence-electron chi connectivity index (χ1n) is 6.59. The fourth-order valence-electron chi connectivity index (χ4n) is 3.34. The van der Waals surface area contributed by atoms with Crippen LogP contribution < -0.4 is 4.74 Å². The Hall–Kier alpha value is -1.69. The van der Waals surface area contributed by atoms with Crippen LogP contribution in [0.15, 0.2) is 18.5 Å². The Bertz CT molecular complexity index is 492. The van der Waals surface area contributed by atoms with E-state index in [2.05, 4.69) is 16.9 Å². The van der Waals surface area contributed by atoms with Crippen LogP contribution in [0.25, 0.3) is 0 Å². The lowest BCUT2D eigenvalue weighted by molar-refractivity contribution is -0.385. The first kappa shape index (κ1) is 12.3. The fourth-order valence-corrected chi connectivity index (χ4v) is 3.34. The summed E-state index contributed by atoms with van der Waals surface area (Å²) in [7, 11) is 2.14. The molecule has 0 amide bonds. The van der Waals surface area contributed by atoms with Crippen molar-refractivity contribution in [1.29, 1.82) is 0 Å². The first-order chi connectivity index (χ1) is 9.15. The van der Waals surface area contributed by atoms with Crippen LogP contribution in [0.1, 0.15) is 19.3 Å². The Labute approximate surface area is 111 Å². The van der Waals surface area contributed by atoms with Crippen LogP contribution >= 0.6 is 0 Å². The van der Waals surface area contributed by atoms with Crippen LogP contribution in [-0.4, -0.2) is 40.5 Å². The highest BCUT2D eigenvalue weighted by molar-refractivity contribution is 5.33. The molecule has 0 unspecified atom stereocenters. The Morgan fingerprint density at radius 3 is 3.05 bits per heavy atom. The van der Waals surface area contributed by atoms with Gasteiger partial charge in [0.25, 0.3) is 5.69 Å². The van der Waals surface area contributed by atoms with Crippen molar-refractivity contribution in [2.24, 2.45) is 5.92 Å². The highest BCUT2D eigenvalue weighted by Gasteiger charge is 2.43. The Morgan fingerprint density at radius 1 is 1.53 bits per heavy atom. The molecule has 2 bridgehead atoms. The van der Waals surface area contributed by atoms with E-state index >= 15 is 0 Å². The third kappa shape index (κ3) is 2.28. The standard InChI is InChI=1S/C13H17N3O3/c1-15-10-3-2-9(4-10)13(15)8-19-12-5-11(16(17)18)6-14-7-12/h5-7,9-10,13H,2-4,8H2,1H3/t9-,10+,13-/m1/s1. The number of pyridine rings is 1. The van der Waals surface area contributed by atoms with Gasteiger partial charge in [-0.1, -0.05) is 0 Å². The molecule has 1 aromatic rings. The molecule has 1 aliphatic heterocycles. The molecule has 0 aromatic carbocycles. The number of rotatable bonds is 4. The molecule has 102 valence electrons. The zero-order chi connectivity index (χ0) is 13.4. The lowest BCUT2D eigenvalue weighted by atomic mass is 10.00. The molecule has 3 rings (SSSR count). The highest BCUT2D eigenvalue weighted by Crippen LogP contribution is 2.41. The molecule has 1 aromatic heterocycles. The molecule has 1 saturated heterocycles. The van der Waals surface area contributed by atoms with Crippen LogP contribution in [-0.2, 0) is 0 Å². The molecule has 3 atom stereocenters. The molecule has 2 fully saturated rings. The van der Waals surface area contributed by atoms with E-state index < -0.39 is 4.92 Å². The molecular formula is C13H17N3O3. The van der Waals surface area contributed by atoms with Gasteiger partial charge in [0, 0.05) is 12.1 Å². The quantitative estimate of drug-likeness (QED) is 0.612. The zero-order valence-electron chi connectivity index (χ0n) is 10.9. The van der Waals surface area contributed by atoms with Crippen molar-refractivity contribution < 1.29 is 9.66 Å².